The molecular weight excluding hydrogens is 266 g/mol. The Morgan fingerprint density at radius 3 is 2.62 bits per heavy atom. The van der Waals surface area contributed by atoms with E-state index in [1.54, 1.807) is 6.20 Å². The third-order valence-corrected chi connectivity index (χ3v) is 2.60. The summed E-state index contributed by atoms with van der Waals surface area (Å²) in [6, 6.07) is 5.93. The van der Waals surface area contributed by atoms with Gasteiger partial charge in [-0.15, -0.1) is 0 Å². The maximum Gasteiger partial charge on any atom is 0.0742 e. The molecule has 0 unspecified atom stereocenters. The molecule has 1 heterocycles. The van der Waals surface area contributed by atoms with Gasteiger partial charge in [-0.05, 0) is 18.2 Å². The van der Waals surface area contributed by atoms with Crippen LogP contribution in [0.3, 0.4) is 0 Å². The number of hydrogen-bond acceptors (Lipinski definition) is 3. The Morgan fingerprint density at radius 2 is 2.00 bits per heavy atom. The van der Waals surface area contributed by atoms with Gasteiger partial charge in [0.15, 0.2) is 0 Å². The second-order valence-electron chi connectivity index (χ2n) is 3.00. The first-order valence-corrected chi connectivity index (χ1v) is 6.03. The number of nitrogens with two attached hydrogens (primary N) is 1. The number of nitrogens with one attached hydrogen (secondary N) is 1. The fourth-order valence-electron chi connectivity index (χ4n) is 1.46. The molecule has 3 nitrogen and oxygen atoms in total. The van der Waals surface area contributed by atoms with Crippen LogP contribution in [0.1, 0.15) is 13.8 Å². The molecule has 16 heavy (non-hydrogen) atoms. The predicted octanol–water partition coefficient (Wildman–Crippen LogP) is 3.65. The average Bonchev–Trinajstić information content (AvgIpc) is 2.31. The van der Waals surface area contributed by atoms with Crippen molar-refractivity contribution in [1.29, 1.82) is 0 Å². The lowest BCUT2D eigenvalue weighted by Crippen LogP contribution is -1.97. The van der Waals surface area contributed by atoms with E-state index in [9.17, 15) is 0 Å². The summed E-state index contributed by atoms with van der Waals surface area (Å²) >= 11 is 3.42. The zero-order valence-electron chi connectivity index (χ0n) is 9.71. The van der Waals surface area contributed by atoms with Crippen LogP contribution >= 0.6 is 15.9 Å². The van der Waals surface area contributed by atoms with E-state index in [1.807, 2.05) is 39.1 Å². The van der Waals surface area contributed by atoms with Crippen LogP contribution in [-0.2, 0) is 0 Å². The third kappa shape index (κ3) is 2.44. The Hall–Kier alpha value is -1.29. The van der Waals surface area contributed by atoms with E-state index in [1.165, 1.54) is 0 Å². The summed E-state index contributed by atoms with van der Waals surface area (Å²) in [5.74, 6) is 0. The highest BCUT2D eigenvalue weighted by Gasteiger charge is 2.04. The normalized spacial score (nSPS) is 9.50. The zero-order valence-corrected chi connectivity index (χ0v) is 11.3. The van der Waals surface area contributed by atoms with Crippen LogP contribution in [0.15, 0.2) is 28.9 Å². The smallest absolute Gasteiger partial charge is 0.0742 e. The minimum Gasteiger partial charge on any atom is -0.396 e. The molecule has 0 spiro atoms. The van der Waals surface area contributed by atoms with Gasteiger partial charge in [-0.1, -0.05) is 29.8 Å². The number of halogens is 1. The van der Waals surface area contributed by atoms with Crippen LogP contribution in [0.4, 0.5) is 11.4 Å². The number of hydrogen-bond donors (Lipinski definition) is 2. The fourth-order valence-corrected chi connectivity index (χ4v) is 1.82. The Balaban J connectivity index is 0.000000606. The molecule has 1 aromatic heterocycles. The first-order chi connectivity index (χ1) is 7.72. The van der Waals surface area contributed by atoms with Crippen LogP contribution in [-0.4, -0.2) is 12.0 Å². The molecule has 0 fully saturated rings. The summed E-state index contributed by atoms with van der Waals surface area (Å²) in [6.45, 7) is 4.00. The number of aromatic nitrogens is 1. The first-order valence-electron chi connectivity index (χ1n) is 5.24. The number of pyridine rings is 1. The molecule has 0 amide bonds. The monoisotopic (exact) mass is 281 g/mol. The van der Waals surface area contributed by atoms with E-state index in [0.717, 1.165) is 21.1 Å². The SMILES string of the molecule is CC.CNc1c(N)cnc2ccc(Br)cc12. The summed E-state index contributed by atoms with van der Waals surface area (Å²) < 4.78 is 1.02. The van der Waals surface area contributed by atoms with Gasteiger partial charge in [0.1, 0.15) is 0 Å². The Morgan fingerprint density at radius 1 is 1.31 bits per heavy atom. The molecule has 2 rings (SSSR count). The number of nitrogen functional groups attached to an aromatic ring is 1. The highest BCUT2D eigenvalue weighted by molar-refractivity contribution is 9.10. The van der Waals surface area contributed by atoms with Gasteiger partial charge in [0.05, 0.1) is 23.1 Å². The van der Waals surface area contributed by atoms with Gasteiger partial charge in [0.25, 0.3) is 0 Å². The Labute approximate surface area is 104 Å². The second kappa shape index (κ2) is 5.70. The van der Waals surface area contributed by atoms with Gasteiger partial charge in [-0.2, -0.15) is 0 Å². The van der Waals surface area contributed by atoms with Crippen molar-refractivity contribution in [2.75, 3.05) is 18.1 Å². The molecule has 0 radical (unpaired) electrons. The van der Waals surface area contributed by atoms with Crippen molar-refractivity contribution in [3.63, 3.8) is 0 Å². The maximum atomic E-state index is 5.81. The average molecular weight is 282 g/mol. The van der Waals surface area contributed by atoms with Crippen LogP contribution in [0, 0.1) is 0 Å². The standard InChI is InChI=1S/C10H10BrN3.C2H6/c1-13-10-7-4-6(11)2-3-9(7)14-5-8(10)12;1-2/h2-5H,12H2,1H3,(H,13,14);1-2H3. The zero-order chi connectivity index (χ0) is 12.1. The van der Waals surface area contributed by atoms with E-state index in [2.05, 4.69) is 26.2 Å². The number of anilines is 2. The van der Waals surface area contributed by atoms with Gasteiger partial charge in [-0.3, -0.25) is 4.98 Å². The van der Waals surface area contributed by atoms with Crippen molar-refractivity contribution in [3.8, 4) is 0 Å². The molecule has 86 valence electrons. The number of fused-ring (bicyclic) bond motifs is 1. The molecule has 4 heteroatoms. The van der Waals surface area contributed by atoms with Crippen molar-refractivity contribution < 1.29 is 0 Å². The lowest BCUT2D eigenvalue weighted by Gasteiger charge is -2.08. The molecular formula is C12H16BrN3. The van der Waals surface area contributed by atoms with Crippen molar-refractivity contribution in [1.82, 2.24) is 4.98 Å². The lowest BCUT2D eigenvalue weighted by molar-refractivity contribution is 1.39. The minimum absolute atomic E-state index is 0.665. The molecule has 0 saturated heterocycles. The predicted molar refractivity (Wildman–Crippen MR) is 74.8 cm³/mol. The third-order valence-electron chi connectivity index (χ3n) is 2.11. The van der Waals surface area contributed by atoms with Crippen molar-refractivity contribution in [2.45, 2.75) is 13.8 Å². The molecule has 0 saturated carbocycles. The maximum absolute atomic E-state index is 5.81. The second-order valence-corrected chi connectivity index (χ2v) is 3.92. The molecule has 3 N–H and O–H groups in total. The summed E-state index contributed by atoms with van der Waals surface area (Å²) in [7, 11) is 1.85. The van der Waals surface area contributed by atoms with Crippen molar-refractivity contribution >= 4 is 38.2 Å². The summed E-state index contributed by atoms with van der Waals surface area (Å²) in [6.07, 6.45) is 1.67. The minimum atomic E-state index is 0.665. The van der Waals surface area contributed by atoms with E-state index < -0.39 is 0 Å². The number of nitrogens with zero attached hydrogens (tertiary/aromatic N) is 1. The lowest BCUT2D eigenvalue weighted by atomic mass is 10.1. The molecule has 0 aliphatic heterocycles. The Bertz CT molecular complexity index is 478. The molecule has 0 bridgehead atoms. The summed E-state index contributed by atoms with van der Waals surface area (Å²) in [4.78, 5) is 4.24. The largest absolute Gasteiger partial charge is 0.396 e. The molecule has 0 atom stereocenters. The van der Waals surface area contributed by atoms with Crippen molar-refractivity contribution in [2.24, 2.45) is 0 Å². The van der Waals surface area contributed by atoms with Crippen LogP contribution < -0.4 is 11.1 Å². The van der Waals surface area contributed by atoms with Crippen LogP contribution in [0.2, 0.25) is 0 Å². The van der Waals surface area contributed by atoms with Crippen LogP contribution in [0.5, 0.6) is 0 Å². The molecule has 2 aromatic rings. The quantitative estimate of drug-likeness (QED) is 0.839. The number of benzene rings is 1. The number of rotatable bonds is 1. The van der Waals surface area contributed by atoms with E-state index in [0.29, 0.717) is 5.69 Å². The first kappa shape index (κ1) is 12.8. The Kier molecular flexibility index (Phi) is 4.55. The van der Waals surface area contributed by atoms with E-state index >= 15 is 0 Å². The highest BCUT2D eigenvalue weighted by Crippen LogP contribution is 2.29. The topological polar surface area (TPSA) is 50.9 Å². The van der Waals surface area contributed by atoms with Gasteiger partial charge in [0.2, 0.25) is 0 Å². The van der Waals surface area contributed by atoms with Gasteiger partial charge in [-0.25, -0.2) is 0 Å². The van der Waals surface area contributed by atoms with Gasteiger partial charge >= 0.3 is 0 Å². The van der Waals surface area contributed by atoms with Crippen molar-refractivity contribution in [3.05, 3.63) is 28.9 Å². The highest BCUT2D eigenvalue weighted by atomic mass is 79.9. The van der Waals surface area contributed by atoms with Gasteiger partial charge in [0, 0.05) is 16.9 Å². The van der Waals surface area contributed by atoms with Crippen LogP contribution in [0.25, 0.3) is 10.9 Å². The summed E-state index contributed by atoms with van der Waals surface area (Å²) in [5, 5.41) is 4.11. The fraction of sp³-hybridized carbons (Fsp3) is 0.250. The van der Waals surface area contributed by atoms with E-state index in [4.69, 9.17) is 5.73 Å². The molecule has 0 aliphatic carbocycles. The van der Waals surface area contributed by atoms with Gasteiger partial charge < -0.3 is 11.1 Å². The summed E-state index contributed by atoms with van der Waals surface area (Å²) in [5.41, 5.74) is 8.34. The van der Waals surface area contributed by atoms with E-state index in [-0.39, 0.29) is 0 Å². The molecule has 0 aliphatic rings. The molecule has 1 aromatic carbocycles.